The van der Waals surface area contributed by atoms with Gasteiger partial charge in [0.2, 0.25) is 0 Å². The summed E-state index contributed by atoms with van der Waals surface area (Å²) in [5.41, 5.74) is 0.384. The van der Waals surface area contributed by atoms with Crippen molar-refractivity contribution in [2.75, 3.05) is 19.8 Å². The Morgan fingerprint density at radius 3 is 1.79 bits per heavy atom. The van der Waals surface area contributed by atoms with E-state index in [2.05, 4.69) is 4.74 Å². The van der Waals surface area contributed by atoms with Gasteiger partial charge in [0.05, 0.1) is 13.2 Å². The predicted molar refractivity (Wildman–Crippen MR) is 95.4 cm³/mol. The van der Waals surface area contributed by atoms with Gasteiger partial charge in [-0.3, -0.25) is 0 Å². The van der Waals surface area contributed by atoms with Crippen molar-refractivity contribution in [3.63, 3.8) is 0 Å². The van der Waals surface area contributed by atoms with E-state index in [0.717, 1.165) is 31.4 Å². The maximum Gasteiger partial charge on any atom is 0.460 e. The molecule has 1 fully saturated rings. The molecule has 14 heteroatoms. The SMILES string of the molecule is CCCC[C@H]1CO[C@H](c2ccc(OCC(F)(F)C(F)(F)C(F)(F)C(F)(F)C(F)(F)F)cc2)OC1. The van der Waals surface area contributed by atoms with E-state index < -0.39 is 48.5 Å². The van der Waals surface area contributed by atoms with Crippen molar-refractivity contribution in [1.29, 1.82) is 0 Å². The summed E-state index contributed by atoms with van der Waals surface area (Å²) >= 11 is 0. The number of alkyl halides is 11. The maximum atomic E-state index is 13.7. The van der Waals surface area contributed by atoms with Crippen LogP contribution in [-0.2, 0) is 9.47 Å². The molecule has 2 rings (SSSR count). The van der Waals surface area contributed by atoms with E-state index >= 15 is 0 Å². The summed E-state index contributed by atoms with van der Waals surface area (Å²) in [5, 5.41) is 0. The molecule has 1 aliphatic heterocycles. The number of hydrogen-bond acceptors (Lipinski definition) is 3. The van der Waals surface area contributed by atoms with E-state index in [1.807, 2.05) is 6.92 Å². The van der Waals surface area contributed by atoms with Gasteiger partial charge in [-0.2, -0.15) is 48.3 Å². The van der Waals surface area contributed by atoms with E-state index in [1.165, 1.54) is 12.1 Å². The lowest BCUT2D eigenvalue weighted by Crippen LogP contribution is -2.67. The zero-order valence-corrected chi connectivity index (χ0v) is 17.6. The lowest BCUT2D eigenvalue weighted by atomic mass is 9.98. The van der Waals surface area contributed by atoms with Gasteiger partial charge in [-0.25, -0.2) is 0 Å². The molecule has 0 amide bonds. The highest BCUT2D eigenvalue weighted by Crippen LogP contribution is 2.57. The van der Waals surface area contributed by atoms with Crippen LogP contribution in [0.5, 0.6) is 5.75 Å². The Labute approximate surface area is 187 Å². The molecule has 1 saturated heterocycles. The van der Waals surface area contributed by atoms with Crippen molar-refractivity contribution in [3.8, 4) is 5.75 Å². The molecule has 0 aromatic heterocycles. The summed E-state index contributed by atoms with van der Waals surface area (Å²) in [6.07, 6.45) is -5.15. The van der Waals surface area contributed by atoms with Gasteiger partial charge >= 0.3 is 29.9 Å². The molecular formula is C20H21F11O3. The van der Waals surface area contributed by atoms with Gasteiger partial charge < -0.3 is 14.2 Å². The molecule has 0 atom stereocenters. The standard InChI is InChI=1S/C20H21F11O3/c1-2-3-4-12-9-32-15(33-10-12)13-5-7-14(8-6-13)34-11-16(21,22)17(23,24)18(25,26)19(27,28)20(29,30)31/h5-8,12,15H,2-4,9-11H2,1H3/t12-,15-. The van der Waals surface area contributed by atoms with Crippen molar-refractivity contribution < 1.29 is 62.5 Å². The number of benzene rings is 1. The minimum Gasteiger partial charge on any atom is -0.487 e. The second-order valence-corrected chi connectivity index (χ2v) is 7.79. The summed E-state index contributed by atoms with van der Waals surface area (Å²) < 4.78 is 158. The molecule has 196 valence electrons. The van der Waals surface area contributed by atoms with Crippen molar-refractivity contribution in [2.45, 2.75) is 62.3 Å². The molecule has 1 aromatic rings. The fourth-order valence-corrected chi connectivity index (χ4v) is 2.99. The van der Waals surface area contributed by atoms with Crippen LogP contribution in [0.1, 0.15) is 38.0 Å². The zero-order chi connectivity index (χ0) is 26.0. The van der Waals surface area contributed by atoms with E-state index in [1.54, 1.807) is 0 Å². The minimum absolute atomic E-state index is 0.186. The summed E-state index contributed by atoms with van der Waals surface area (Å²) in [6.45, 7) is 0.206. The van der Waals surface area contributed by atoms with Gasteiger partial charge in [0, 0.05) is 11.5 Å². The summed E-state index contributed by atoms with van der Waals surface area (Å²) in [6, 6.07) is 4.38. The Balaban J connectivity index is 2.03. The van der Waals surface area contributed by atoms with E-state index in [9.17, 15) is 48.3 Å². The molecule has 0 radical (unpaired) electrons. The first kappa shape index (κ1) is 28.4. The maximum absolute atomic E-state index is 13.7. The molecular weight excluding hydrogens is 497 g/mol. The summed E-state index contributed by atoms with van der Waals surface area (Å²) in [4.78, 5) is 0. The second-order valence-electron chi connectivity index (χ2n) is 7.79. The molecule has 1 aromatic carbocycles. The van der Waals surface area contributed by atoms with Crippen LogP contribution in [0.3, 0.4) is 0 Å². The summed E-state index contributed by atoms with van der Waals surface area (Å²) in [7, 11) is 0. The molecule has 0 spiro atoms. The first-order valence-corrected chi connectivity index (χ1v) is 10.0. The zero-order valence-electron chi connectivity index (χ0n) is 17.6. The van der Waals surface area contributed by atoms with Crippen LogP contribution in [-0.4, -0.2) is 49.7 Å². The summed E-state index contributed by atoms with van der Waals surface area (Å²) in [5.74, 6) is -28.5. The van der Waals surface area contributed by atoms with Crippen LogP contribution in [0.25, 0.3) is 0 Å². The van der Waals surface area contributed by atoms with Crippen LogP contribution in [0.4, 0.5) is 48.3 Å². The van der Waals surface area contributed by atoms with E-state index in [4.69, 9.17) is 9.47 Å². The quantitative estimate of drug-likeness (QED) is 0.312. The second kappa shape index (κ2) is 10.0. The topological polar surface area (TPSA) is 27.7 Å². The van der Waals surface area contributed by atoms with Gasteiger partial charge in [0.25, 0.3) is 0 Å². The molecule has 0 aliphatic carbocycles. The molecule has 0 N–H and O–H groups in total. The Bertz CT molecular complexity index is 786. The molecule has 0 bridgehead atoms. The van der Waals surface area contributed by atoms with Gasteiger partial charge in [-0.1, -0.05) is 31.9 Å². The van der Waals surface area contributed by atoms with Crippen molar-refractivity contribution in [1.82, 2.24) is 0 Å². The third-order valence-electron chi connectivity index (χ3n) is 5.11. The fraction of sp³-hybridized carbons (Fsp3) is 0.700. The molecule has 3 nitrogen and oxygen atoms in total. The molecule has 1 heterocycles. The number of rotatable bonds is 10. The molecule has 34 heavy (non-hydrogen) atoms. The highest BCUT2D eigenvalue weighted by atomic mass is 19.4. The van der Waals surface area contributed by atoms with Crippen LogP contribution in [0.15, 0.2) is 24.3 Å². The van der Waals surface area contributed by atoms with Gasteiger partial charge in [-0.05, 0) is 18.6 Å². The normalized spacial score (nSPS) is 20.9. The Morgan fingerprint density at radius 2 is 1.32 bits per heavy atom. The van der Waals surface area contributed by atoms with Crippen LogP contribution < -0.4 is 4.74 Å². The first-order chi connectivity index (χ1) is 15.5. The van der Waals surface area contributed by atoms with Crippen molar-refractivity contribution in [2.24, 2.45) is 5.92 Å². The Hall–Kier alpha value is -1.83. The van der Waals surface area contributed by atoms with Crippen molar-refractivity contribution >= 4 is 0 Å². The Morgan fingerprint density at radius 1 is 0.794 bits per heavy atom. The molecule has 1 aliphatic rings. The van der Waals surface area contributed by atoms with Crippen LogP contribution in [0.2, 0.25) is 0 Å². The number of halogens is 11. The van der Waals surface area contributed by atoms with E-state index in [-0.39, 0.29) is 5.92 Å². The van der Waals surface area contributed by atoms with Gasteiger partial charge in [0.15, 0.2) is 12.9 Å². The fourth-order valence-electron chi connectivity index (χ4n) is 2.99. The largest absolute Gasteiger partial charge is 0.487 e. The highest BCUT2D eigenvalue weighted by Gasteiger charge is 2.87. The average Bonchev–Trinajstić information content (AvgIpc) is 2.76. The van der Waals surface area contributed by atoms with Gasteiger partial charge in [-0.15, -0.1) is 0 Å². The van der Waals surface area contributed by atoms with Gasteiger partial charge in [0.1, 0.15) is 5.75 Å². The third-order valence-corrected chi connectivity index (χ3v) is 5.11. The molecule has 0 saturated carbocycles. The Kier molecular flexibility index (Phi) is 8.39. The smallest absolute Gasteiger partial charge is 0.460 e. The first-order valence-electron chi connectivity index (χ1n) is 10.0. The number of unbranched alkanes of at least 4 members (excludes halogenated alkanes) is 1. The van der Waals surface area contributed by atoms with Crippen LogP contribution in [0, 0.1) is 5.92 Å². The number of hydrogen-bond donors (Lipinski definition) is 0. The van der Waals surface area contributed by atoms with Crippen LogP contribution >= 0.6 is 0 Å². The van der Waals surface area contributed by atoms with Crippen molar-refractivity contribution in [3.05, 3.63) is 29.8 Å². The molecule has 0 unspecified atom stereocenters. The number of ether oxygens (including phenoxy) is 3. The average molecular weight is 518 g/mol. The minimum atomic E-state index is -7.46. The highest BCUT2D eigenvalue weighted by molar-refractivity contribution is 5.28. The lowest BCUT2D eigenvalue weighted by Gasteiger charge is -2.37. The lowest BCUT2D eigenvalue weighted by molar-refractivity contribution is -0.423. The third kappa shape index (κ3) is 5.52. The predicted octanol–water partition coefficient (Wildman–Crippen LogP) is 7.02. The van der Waals surface area contributed by atoms with E-state index in [0.29, 0.717) is 18.8 Å². The monoisotopic (exact) mass is 518 g/mol.